The van der Waals surface area contributed by atoms with Crippen LogP contribution in [0.1, 0.15) is 11.7 Å². The Labute approximate surface area is 137 Å². The van der Waals surface area contributed by atoms with E-state index < -0.39 is 22.5 Å². The number of nitrogens with zero attached hydrogens (tertiary/aromatic N) is 3. The van der Waals surface area contributed by atoms with Crippen LogP contribution in [-0.2, 0) is 0 Å². The first-order valence-electron chi connectivity index (χ1n) is 6.97. The number of aliphatic hydroxyl groups excluding tert-OH is 1. The molecular weight excluding hydrogens is 316 g/mol. The SMILES string of the molecule is CNC[C@H](O)c1cc(O)c(O)c(N=Nc2ccc([N+](=O)[O-])cc2)c1. The maximum Gasteiger partial charge on any atom is 0.269 e. The van der Waals surface area contributed by atoms with Crippen LogP contribution >= 0.6 is 0 Å². The Bertz CT molecular complexity index is 761. The van der Waals surface area contributed by atoms with Gasteiger partial charge in [-0.3, -0.25) is 10.1 Å². The van der Waals surface area contributed by atoms with Gasteiger partial charge in [-0.25, -0.2) is 0 Å². The lowest BCUT2D eigenvalue weighted by Crippen LogP contribution is -2.16. The van der Waals surface area contributed by atoms with Gasteiger partial charge in [-0.15, -0.1) is 5.11 Å². The maximum absolute atomic E-state index is 10.6. The molecule has 2 aromatic rings. The number of nitro benzene ring substituents is 1. The molecule has 0 spiro atoms. The van der Waals surface area contributed by atoms with Gasteiger partial charge in [0.2, 0.25) is 0 Å². The molecular formula is C15H16N4O5. The number of likely N-dealkylation sites (N-methyl/N-ethyl adjacent to an activating group) is 1. The minimum absolute atomic E-state index is 0.0292. The molecule has 0 fully saturated rings. The highest BCUT2D eigenvalue weighted by Gasteiger charge is 2.14. The van der Waals surface area contributed by atoms with E-state index in [9.17, 15) is 25.4 Å². The smallest absolute Gasteiger partial charge is 0.269 e. The zero-order chi connectivity index (χ0) is 17.7. The molecule has 2 aromatic carbocycles. The van der Waals surface area contributed by atoms with Crippen molar-refractivity contribution in [3.05, 3.63) is 52.1 Å². The van der Waals surface area contributed by atoms with Crippen LogP contribution in [0, 0.1) is 10.1 Å². The van der Waals surface area contributed by atoms with E-state index in [0.717, 1.165) is 0 Å². The van der Waals surface area contributed by atoms with Crippen molar-refractivity contribution < 1.29 is 20.2 Å². The van der Waals surface area contributed by atoms with Crippen molar-refractivity contribution in [2.75, 3.05) is 13.6 Å². The van der Waals surface area contributed by atoms with Crippen LogP contribution < -0.4 is 5.32 Å². The van der Waals surface area contributed by atoms with Crippen molar-refractivity contribution in [2.45, 2.75) is 6.10 Å². The van der Waals surface area contributed by atoms with Gasteiger partial charge in [-0.2, -0.15) is 5.11 Å². The average molecular weight is 332 g/mol. The molecule has 2 rings (SSSR count). The van der Waals surface area contributed by atoms with Crippen LogP contribution in [0.15, 0.2) is 46.6 Å². The average Bonchev–Trinajstić information content (AvgIpc) is 2.56. The van der Waals surface area contributed by atoms with E-state index in [1.54, 1.807) is 7.05 Å². The number of aromatic hydroxyl groups is 2. The summed E-state index contributed by atoms with van der Waals surface area (Å²) in [5.41, 5.74) is 0.586. The molecule has 0 aliphatic carbocycles. The molecule has 0 bridgehead atoms. The molecule has 9 nitrogen and oxygen atoms in total. The first kappa shape index (κ1) is 17.3. The lowest BCUT2D eigenvalue weighted by molar-refractivity contribution is -0.384. The fourth-order valence-corrected chi connectivity index (χ4v) is 1.96. The Hall–Kier alpha value is -3.04. The van der Waals surface area contributed by atoms with Crippen molar-refractivity contribution in [1.29, 1.82) is 0 Å². The molecule has 1 atom stereocenters. The molecule has 126 valence electrons. The van der Waals surface area contributed by atoms with E-state index in [2.05, 4.69) is 15.5 Å². The van der Waals surface area contributed by atoms with Gasteiger partial charge in [0, 0.05) is 18.7 Å². The van der Waals surface area contributed by atoms with Gasteiger partial charge < -0.3 is 20.6 Å². The minimum atomic E-state index is -0.894. The predicted octanol–water partition coefficient (Wildman–Crippen LogP) is 2.67. The Morgan fingerprint density at radius 1 is 1.21 bits per heavy atom. The molecule has 0 heterocycles. The molecule has 0 aliphatic rings. The van der Waals surface area contributed by atoms with Crippen molar-refractivity contribution in [1.82, 2.24) is 5.32 Å². The predicted molar refractivity (Wildman–Crippen MR) is 85.9 cm³/mol. The second-order valence-electron chi connectivity index (χ2n) is 4.95. The van der Waals surface area contributed by atoms with E-state index in [1.165, 1.54) is 36.4 Å². The number of nitrogens with one attached hydrogen (secondary N) is 1. The van der Waals surface area contributed by atoms with E-state index >= 15 is 0 Å². The highest BCUT2D eigenvalue weighted by atomic mass is 16.6. The number of rotatable bonds is 6. The van der Waals surface area contributed by atoms with Crippen LogP contribution in [-0.4, -0.2) is 33.8 Å². The Morgan fingerprint density at radius 3 is 2.46 bits per heavy atom. The van der Waals surface area contributed by atoms with Crippen LogP contribution in [0.5, 0.6) is 11.5 Å². The molecule has 0 saturated heterocycles. The third-order valence-corrected chi connectivity index (χ3v) is 3.21. The molecule has 0 saturated carbocycles. The summed E-state index contributed by atoms with van der Waals surface area (Å²) in [6, 6.07) is 7.99. The number of hydrogen-bond acceptors (Lipinski definition) is 8. The largest absolute Gasteiger partial charge is 0.504 e. The quantitative estimate of drug-likeness (QED) is 0.277. The van der Waals surface area contributed by atoms with Gasteiger partial charge >= 0.3 is 0 Å². The zero-order valence-electron chi connectivity index (χ0n) is 12.7. The number of phenols is 2. The first-order chi connectivity index (χ1) is 11.4. The van der Waals surface area contributed by atoms with Crippen molar-refractivity contribution >= 4 is 17.1 Å². The number of nitro groups is 1. The minimum Gasteiger partial charge on any atom is -0.504 e. The topological polar surface area (TPSA) is 141 Å². The second kappa shape index (κ2) is 7.49. The van der Waals surface area contributed by atoms with Crippen molar-refractivity contribution in [3.8, 4) is 11.5 Å². The lowest BCUT2D eigenvalue weighted by atomic mass is 10.1. The lowest BCUT2D eigenvalue weighted by Gasteiger charge is -2.12. The molecule has 4 N–H and O–H groups in total. The third kappa shape index (κ3) is 4.03. The summed E-state index contributed by atoms with van der Waals surface area (Å²) in [6.45, 7) is 0.253. The summed E-state index contributed by atoms with van der Waals surface area (Å²) >= 11 is 0. The van der Waals surface area contributed by atoms with Gasteiger partial charge in [-0.05, 0) is 36.9 Å². The van der Waals surface area contributed by atoms with E-state index in [4.69, 9.17) is 0 Å². The molecule has 0 aliphatic heterocycles. The molecule has 24 heavy (non-hydrogen) atoms. The molecule has 0 aromatic heterocycles. The number of aliphatic hydroxyl groups is 1. The Balaban J connectivity index is 2.29. The fourth-order valence-electron chi connectivity index (χ4n) is 1.96. The molecule has 9 heteroatoms. The van der Waals surface area contributed by atoms with E-state index in [0.29, 0.717) is 11.3 Å². The van der Waals surface area contributed by atoms with Gasteiger partial charge in [0.05, 0.1) is 16.7 Å². The van der Waals surface area contributed by atoms with Gasteiger partial charge in [-0.1, -0.05) is 0 Å². The highest BCUT2D eigenvalue weighted by Crippen LogP contribution is 2.39. The zero-order valence-corrected chi connectivity index (χ0v) is 12.7. The van der Waals surface area contributed by atoms with Gasteiger partial charge in [0.15, 0.2) is 11.5 Å². The molecule has 0 amide bonds. The summed E-state index contributed by atoms with van der Waals surface area (Å²) in [4.78, 5) is 10.1. The molecule has 0 unspecified atom stereocenters. The highest BCUT2D eigenvalue weighted by molar-refractivity contribution is 5.60. The summed E-state index contributed by atoms with van der Waals surface area (Å²) in [6.07, 6.45) is -0.894. The first-order valence-corrected chi connectivity index (χ1v) is 6.97. The fraction of sp³-hybridized carbons (Fsp3) is 0.200. The summed E-state index contributed by atoms with van der Waals surface area (Å²) < 4.78 is 0. The Kier molecular flexibility index (Phi) is 5.40. The maximum atomic E-state index is 10.6. The number of phenolic OH excluding ortho intramolecular Hbond substituents is 2. The number of hydrogen-bond donors (Lipinski definition) is 4. The number of non-ortho nitro benzene ring substituents is 1. The summed E-state index contributed by atoms with van der Waals surface area (Å²) in [5, 5.41) is 50.6. The van der Waals surface area contributed by atoms with Crippen molar-refractivity contribution in [3.63, 3.8) is 0 Å². The van der Waals surface area contributed by atoms with Crippen molar-refractivity contribution in [2.24, 2.45) is 10.2 Å². The third-order valence-electron chi connectivity index (χ3n) is 3.21. The molecule has 0 radical (unpaired) electrons. The summed E-state index contributed by atoms with van der Waals surface area (Å²) in [7, 11) is 1.67. The number of benzene rings is 2. The van der Waals surface area contributed by atoms with Gasteiger partial charge in [0.25, 0.3) is 5.69 Å². The van der Waals surface area contributed by atoms with Crippen LogP contribution in [0.2, 0.25) is 0 Å². The van der Waals surface area contributed by atoms with Crippen LogP contribution in [0.4, 0.5) is 17.1 Å². The van der Waals surface area contributed by atoms with E-state index in [-0.39, 0.29) is 17.9 Å². The Morgan fingerprint density at radius 2 is 1.88 bits per heavy atom. The standard InChI is InChI=1S/C15H16N4O5/c1-16-8-14(21)9-6-12(15(22)13(20)7-9)18-17-10-2-4-11(5-3-10)19(23)24/h2-7,14,16,20-22H,8H2,1H3/t14-/m0/s1. The number of azo groups is 1. The van der Waals surface area contributed by atoms with E-state index in [1.807, 2.05) is 0 Å². The summed E-state index contributed by atoms with van der Waals surface area (Å²) in [5.74, 6) is -0.902. The second-order valence-corrected chi connectivity index (χ2v) is 4.95. The normalized spacial score (nSPS) is 12.4. The van der Waals surface area contributed by atoms with Crippen LogP contribution in [0.3, 0.4) is 0 Å². The van der Waals surface area contributed by atoms with Gasteiger partial charge in [0.1, 0.15) is 5.69 Å². The monoisotopic (exact) mass is 332 g/mol. The van der Waals surface area contributed by atoms with Crippen LogP contribution in [0.25, 0.3) is 0 Å².